The normalized spacial score (nSPS) is 13.3. The van der Waals surface area contributed by atoms with Crippen molar-refractivity contribution in [2.75, 3.05) is 13.1 Å². The Morgan fingerprint density at radius 3 is 2.48 bits per heavy atom. The number of amides is 2. The quantitative estimate of drug-likeness (QED) is 0.672. The molecule has 2 atom stereocenters. The Hall–Kier alpha value is -1.88. The standard InChI is InChI=1S/C16H25N3O2/c1-3-12(2)19-15(20)9-10-18-16(21)14(11-17)13-7-5-4-6-8-13/h4-8,12,14H,3,9-11,17H2,1-2H3,(H,18,21)(H,19,20). The first kappa shape index (κ1) is 17.2. The first-order valence-corrected chi connectivity index (χ1v) is 7.40. The van der Waals surface area contributed by atoms with Crippen LogP contribution < -0.4 is 16.4 Å². The van der Waals surface area contributed by atoms with Crippen LogP contribution in [-0.2, 0) is 9.59 Å². The van der Waals surface area contributed by atoms with Gasteiger partial charge in [-0.2, -0.15) is 0 Å². The van der Waals surface area contributed by atoms with E-state index in [2.05, 4.69) is 10.6 Å². The molecule has 0 aromatic heterocycles. The third kappa shape index (κ3) is 5.95. The molecule has 5 heteroatoms. The summed E-state index contributed by atoms with van der Waals surface area (Å²) in [4.78, 5) is 23.7. The summed E-state index contributed by atoms with van der Waals surface area (Å²) in [6, 6.07) is 9.58. The van der Waals surface area contributed by atoms with Gasteiger partial charge in [0, 0.05) is 25.6 Å². The van der Waals surface area contributed by atoms with Crippen molar-refractivity contribution in [1.29, 1.82) is 0 Å². The second-order valence-electron chi connectivity index (χ2n) is 5.12. The second-order valence-corrected chi connectivity index (χ2v) is 5.12. The molecule has 0 heterocycles. The highest BCUT2D eigenvalue weighted by Crippen LogP contribution is 2.13. The van der Waals surface area contributed by atoms with Gasteiger partial charge >= 0.3 is 0 Å². The predicted octanol–water partition coefficient (Wildman–Crippen LogP) is 1.15. The molecular weight excluding hydrogens is 266 g/mol. The lowest BCUT2D eigenvalue weighted by Crippen LogP contribution is -2.37. The maximum absolute atomic E-state index is 12.1. The van der Waals surface area contributed by atoms with Gasteiger partial charge in [-0.15, -0.1) is 0 Å². The summed E-state index contributed by atoms with van der Waals surface area (Å²) in [6.07, 6.45) is 1.17. The van der Waals surface area contributed by atoms with E-state index < -0.39 is 0 Å². The Morgan fingerprint density at radius 2 is 1.90 bits per heavy atom. The maximum Gasteiger partial charge on any atom is 0.228 e. The summed E-state index contributed by atoms with van der Waals surface area (Å²) >= 11 is 0. The zero-order valence-corrected chi connectivity index (χ0v) is 12.8. The number of nitrogens with one attached hydrogen (secondary N) is 2. The topological polar surface area (TPSA) is 84.2 Å². The minimum absolute atomic E-state index is 0.0475. The number of nitrogens with two attached hydrogens (primary N) is 1. The van der Waals surface area contributed by atoms with Gasteiger partial charge < -0.3 is 16.4 Å². The Kier molecular flexibility index (Phi) is 7.46. The number of carbonyl (C=O) groups is 2. The number of benzene rings is 1. The monoisotopic (exact) mass is 291 g/mol. The van der Waals surface area contributed by atoms with Crippen molar-refractivity contribution in [2.45, 2.75) is 38.6 Å². The highest BCUT2D eigenvalue weighted by atomic mass is 16.2. The molecule has 0 bridgehead atoms. The van der Waals surface area contributed by atoms with Crippen molar-refractivity contribution in [3.05, 3.63) is 35.9 Å². The fourth-order valence-electron chi connectivity index (χ4n) is 1.95. The largest absolute Gasteiger partial charge is 0.355 e. The molecule has 21 heavy (non-hydrogen) atoms. The molecule has 1 aromatic carbocycles. The molecule has 0 aliphatic rings. The summed E-state index contributed by atoms with van der Waals surface area (Å²) in [5.41, 5.74) is 6.57. The van der Waals surface area contributed by atoms with Crippen molar-refractivity contribution in [3.63, 3.8) is 0 Å². The van der Waals surface area contributed by atoms with Gasteiger partial charge in [-0.25, -0.2) is 0 Å². The molecule has 4 N–H and O–H groups in total. The number of carbonyl (C=O) groups excluding carboxylic acids is 2. The summed E-state index contributed by atoms with van der Waals surface area (Å²) < 4.78 is 0. The van der Waals surface area contributed by atoms with Crippen LogP contribution in [0.3, 0.4) is 0 Å². The van der Waals surface area contributed by atoms with Gasteiger partial charge in [0.05, 0.1) is 5.92 Å². The Bertz CT molecular complexity index is 448. The van der Waals surface area contributed by atoms with Crippen LogP contribution in [0.1, 0.15) is 38.2 Å². The molecular formula is C16H25N3O2. The maximum atomic E-state index is 12.1. The van der Waals surface area contributed by atoms with E-state index in [0.717, 1.165) is 12.0 Å². The third-order valence-electron chi connectivity index (χ3n) is 3.43. The Balaban J connectivity index is 2.40. The molecule has 0 saturated heterocycles. The average molecular weight is 291 g/mol. The average Bonchev–Trinajstić information content (AvgIpc) is 2.49. The Morgan fingerprint density at radius 1 is 1.24 bits per heavy atom. The number of hydrogen-bond donors (Lipinski definition) is 3. The van der Waals surface area contributed by atoms with Crippen LogP contribution in [-0.4, -0.2) is 30.9 Å². The molecule has 1 rings (SSSR count). The van der Waals surface area contributed by atoms with Gasteiger partial charge in [0.2, 0.25) is 11.8 Å². The molecule has 1 aromatic rings. The first-order valence-electron chi connectivity index (χ1n) is 7.40. The van der Waals surface area contributed by atoms with E-state index in [4.69, 9.17) is 5.73 Å². The highest BCUT2D eigenvalue weighted by Gasteiger charge is 2.18. The summed E-state index contributed by atoms with van der Waals surface area (Å²) in [7, 11) is 0. The number of rotatable bonds is 8. The smallest absolute Gasteiger partial charge is 0.228 e. The van der Waals surface area contributed by atoms with E-state index in [0.29, 0.717) is 6.54 Å². The molecule has 5 nitrogen and oxygen atoms in total. The summed E-state index contributed by atoms with van der Waals surface area (Å²) in [5, 5.41) is 5.64. The van der Waals surface area contributed by atoms with E-state index in [1.165, 1.54) is 0 Å². The van der Waals surface area contributed by atoms with Crippen LogP contribution in [0.15, 0.2) is 30.3 Å². The number of hydrogen-bond acceptors (Lipinski definition) is 3. The Labute approximate surface area is 126 Å². The van der Waals surface area contributed by atoms with Crippen LogP contribution in [0, 0.1) is 0 Å². The van der Waals surface area contributed by atoms with Gasteiger partial charge in [-0.05, 0) is 18.9 Å². The molecule has 0 saturated carbocycles. The van der Waals surface area contributed by atoms with E-state index >= 15 is 0 Å². The van der Waals surface area contributed by atoms with E-state index in [1.54, 1.807) is 0 Å². The van der Waals surface area contributed by atoms with Crippen LogP contribution in [0.5, 0.6) is 0 Å². The van der Waals surface area contributed by atoms with Gasteiger partial charge in [-0.1, -0.05) is 37.3 Å². The fraction of sp³-hybridized carbons (Fsp3) is 0.500. The second kappa shape index (κ2) is 9.13. The fourth-order valence-corrected chi connectivity index (χ4v) is 1.95. The third-order valence-corrected chi connectivity index (χ3v) is 3.43. The highest BCUT2D eigenvalue weighted by molar-refractivity contribution is 5.84. The molecule has 2 unspecified atom stereocenters. The minimum Gasteiger partial charge on any atom is -0.355 e. The summed E-state index contributed by atoms with van der Waals surface area (Å²) in [6.45, 7) is 4.54. The molecule has 0 aliphatic heterocycles. The van der Waals surface area contributed by atoms with E-state index in [1.807, 2.05) is 44.2 Å². The molecule has 0 radical (unpaired) electrons. The zero-order chi connectivity index (χ0) is 15.7. The van der Waals surface area contributed by atoms with Gasteiger partial charge in [0.15, 0.2) is 0 Å². The van der Waals surface area contributed by atoms with Crippen LogP contribution >= 0.6 is 0 Å². The first-order chi connectivity index (χ1) is 10.1. The molecule has 0 aliphatic carbocycles. The van der Waals surface area contributed by atoms with Gasteiger partial charge in [0.25, 0.3) is 0 Å². The molecule has 0 fully saturated rings. The predicted molar refractivity (Wildman–Crippen MR) is 83.8 cm³/mol. The lowest BCUT2D eigenvalue weighted by atomic mass is 9.98. The van der Waals surface area contributed by atoms with Crippen LogP contribution in [0.4, 0.5) is 0 Å². The SMILES string of the molecule is CCC(C)NC(=O)CCNC(=O)C(CN)c1ccccc1. The van der Waals surface area contributed by atoms with Crippen molar-refractivity contribution < 1.29 is 9.59 Å². The van der Waals surface area contributed by atoms with Crippen LogP contribution in [0.25, 0.3) is 0 Å². The molecule has 2 amide bonds. The lowest BCUT2D eigenvalue weighted by Gasteiger charge is -2.16. The van der Waals surface area contributed by atoms with Crippen molar-refractivity contribution in [3.8, 4) is 0 Å². The van der Waals surface area contributed by atoms with Crippen LogP contribution in [0.2, 0.25) is 0 Å². The lowest BCUT2D eigenvalue weighted by molar-refractivity contribution is -0.123. The molecule has 116 valence electrons. The van der Waals surface area contributed by atoms with E-state index in [-0.39, 0.29) is 36.7 Å². The van der Waals surface area contributed by atoms with Gasteiger partial charge in [-0.3, -0.25) is 9.59 Å². The van der Waals surface area contributed by atoms with Gasteiger partial charge in [0.1, 0.15) is 0 Å². The molecule has 0 spiro atoms. The summed E-state index contributed by atoms with van der Waals surface area (Å²) in [5.74, 6) is -0.558. The van der Waals surface area contributed by atoms with Crippen molar-refractivity contribution in [2.24, 2.45) is 5.73 Å². The minimum atomic E-state index is -0.371. The van der Waals surface area contributed by atoms with Crippen molar-refractivity contribution in [1.82, 2.24) is 10.6 Å². The zero-order valence-electron chi connectivity index (χ0n) is 12.8. The van der Waals surface area contributed by atoms with Crippen molar-refractivity contribution >= 4 is 11.8 Å². The van der Waals surface area contributed by atoms with E-state index in [9.17, 15) is 9.59 Å².